The summed E-state index contributed by atoms with van der Waals surface area (Å²) < 4.78 is 54.3. The highest BCUT2D eigenvalue weighted by Gasteiger charge is 2.35. The van der Waals surface area contributed by atoms with Gasteiger partial charge in [0, 0.05) is 27.9 Å². The Morgan fingerprint density at radius 1 is 0.350 bits per heavy atom. The molecule has 0 aliphatic heterocycles. The Morgan fingerprint density at radius 2 is 0.567 bits per heavy atom. The van der Waals surface area contributed by atoms with Crippen molar-refractivity contribution < 1.29 is 96.9 Å². The van der Waals surface area contributed by atoms with Crippen LogP contribution in [0, 0.1) is 0 Å². The summed E-state index contributed by atoms with van der Waals surface area (Å²) in [6.45, 7) is 18.3. The first-order valence-electron chi connectivity index (χ1n) is 18.6. The van der Waals surface area contributed by atoms with Crippen LogP contribution in [0.1, 0.15) is 34.6 Å². The average Bonchev–Trinajstić information content (AvgIpc) is 3.18. The van der Waals surface area contributed by atoms with Gasteiger partial charge in [-0.3, -0.25) is 0 Å². The molecule has 0 rings (SSSR count). The third-order valence-corrected chi connectivity index (χ3v) is 7.18. The Labute approximate surface area is 349 Å². The first-order valence-corrected chi connectivity index (χ1v) is 18.6. The number of hydrogen-bond acceptors (Lipinski definition) is 20. The van der Waals surface area contributed by atoms with Crippen molar-refractivity contribution in [2.24, 2.45) is 0 Å². The first-order chi connectivity index (χ1) is 28.0. The Bertz CT molecular complexity index is 1360. The third kappa shape index (κ3) is 26.0. The van der Waals surface area contributed by atoms with Crippen LogP contribution in [0.15, 0.2) is 60.8 Å². The molecule has 0 spiro atoms. The Balaban J connectivity index is 6.68. The number of hydrogen-bond donors (Lipinski definition) is 5. The van der Waals surface area contributed by atoms with Gasteiger partial charge in [-0.15, -0.1) is 0 Å². The van der Waals surface area contributed by atoms with E-state index in [2.05, 4.69) is 32.9 Å². The topological polar surface area (TPSA) is 279 Å². The van der Waals surface area contributed by atoms with Gasteiger partial charge in [-0.2, -0.15) is 0 Å². The molecule has 342 valence electrons. The normalized spacial score (nSPS) is 15.1. The molecule has 5 unspecified atom stereocenters. The van der Waals surface area contributed by atoms with Crippen molar-refractivity contribution in [3.63, 3.8) is 0 Å². The third-order valence-electron chi connectivity index (χ3n) is 7.18. The fraction of sp³-hybridized carbons (Fsp3) is 0.625. The molecule has 20 nitrogen and oxygen atoms in total. The van der Waals surface area contributed by atoms with Crippen LogP contribution in [0.5, 0.6) is 0 Å². The van der Waals surface area contributed by atoms with Gasteiger partial charge in [-0.1, -0.05) is 32.9 Å². The van der Waals surface area contributed by atoms with Crippen LogP contribution in [0.25, 0.3) is 0 Å². The maximum atomic E-state index is 12.0. The second kappa shape index (κ2) is 30.6. The van der Waals surface area contributed by atoms with Crippen molar-refractivity contribution in [3.05, 3.63) is 60.8 Å². The summed E-state index contributed by atoms with van der Waals surface area (Å²) >= 11 is 0. The molecule has 0 amide bonds. The van der Waals surface area contributed by atoms with Crippen LogP contribution in [0.4, 0.5) is 0 Å². The molecule has 0 heterocycles. The predicted molar refractivity (Wildman–Crippen MR) is 210 cm³/mol. The molecule has 0 aliphatic rings. The molecule has 0 fully saturated rings. The zero-order valence-electron chi connectivity index (χ0n) is 35.0. The van der Waals surface area contributed by atoms with E-state index in [0.717, 1.165) is 0 Å². The van der Waals surface area contributed by atoms with Gasteiger partial charge < -0.3 is 72.9 Å². The summed E-state index contributed by atoms with van der Waals surface area (Å²) in [5, 5.41) is 52.9. The Kier molecular flexibility index (Phi) is 28.4. The highest BCUT2D eigenvalue weighted by atomic mass is 16.6. The average molecular weight is 863 g/mol. The summed E-state index contributed by atoms with van der Waals surface area (Å²) in [7, 11) is 0. The van der Waals surface area contributed by atoms with E-state index in [1.54, 1.807) is 0 Å². The van der Waals surface area contributed by atoms with E-state index in [1.807, 2.05) is 0 Å². The summed E-state index contributed by atoms with van der Waals surface area (Å²) in [5.74, 6) is -3.88. The molecule has 0 saturated heterocycles. The van der Waals surface area contributed by atoms with Gasteiger partial charge in [0.1, 0.15) is 81.9 Å². The number of aliphatic hydroxyl groups excluding tert-OH is 5. The van der Waals surface area contributed by atoms with Crippen molar-refractivity contribution >= 4 is 29.8 Å². The van der Waals surface area contributed by atoms with Crippen molar-refractivity contribution in [2.75, 3.05) is 79.3 Å². The van der Waals surface area contributed by atoms with Crippen LogP contribution < -0.4 is 0 Å². The van der Waals surface area contributed by atoms with Crippen LogP contribution in [-0.4, -0.2) is 183 Å². The molecule has 60 heavy (non-hydrogen) atoms. The lowest BCUT2D eigenvalue weighted by Crippen LogP contribution is -2.50. The van der Waals surface area contributed by atoms with Gasteiger partial charge >= 0.3 is 29.8 Å². The minimum absolute atomic E-state index is 0.0605. The van der Waals surface area contributed by atoms with Crippen molar-refractivity contribution in [1.82, 2.24) is 0 Å². The number of carbonyl (C=O) groups excluding carboxylic acids is 5. The molecular formula is C40H62O20. The van der Waals surface area contributed by atoms with E-state index >= 15 is 0 Å². The van der Waals surface area contributed by atoms with E-state index in [0.29, 0.717) is 0 Å². The van der Waals surface area contributed by atoms with E-state index in [-0.39, 0.29) is 27.9 Å². The SMILES string of the molecule is C=C(C)C(=O)OCC(O)COC[C@H](OCC(O)COC(=O)C(=C)C)[C@@H](OCC(O)COC(=O)C(=C)C)[C@@H](COCC(O)COC(=O)C(=C)C)OCC(O)COC(=O)C(=C)C. The summed E-state index contributed by atoms with van der Waals surface area (Å²) in [6.07, 6.45) is -11.2. The number of esters is 5. The van der Waals surface area contributed by atoms with Crippen LogP contribution in [-0.2, 0) is 71.3 Å². The number of carbonyl (C=O) groups is 5. The second-order valence-electron chi connectivity index (χ2n) is 13.8. The molecule has 8 atom stereocenters. The van der Waals surface area contributed by atoms with Crippen molar-refractivity contribution in [3.8, 4) is 0 Å². The van der Waals surface area contributed by atoms with Gasteiger partial charge in [0.05, 0.1) is 46.2 Å². The minimum Gasteiger partial charge on any atom is -0.460 e. The number of aliphatic hydroxyl groups is 5. The largest absolute Gasteiger partial charge is 0.460 e. The van der Waals surface area contributed by atoms with Crippen LogP contribution >= 0.6 is 0 Å². The fourth-order valence-corrected chi connectivity index (χ4v) is 3.98. The molecule has 20 heteroatoms. The molecule has 0 aromatic rings. The highest BCUT2D eigenvalue weighted by molar-refractivity contribution is 5.88. The maximum Gasteiger partial charge on any atom is 0.333 e. The van der Waals surface area contributed by atoms with Crippen molar-refractivity contribution in [1.29, 1.82) is 0 Å². The summed E-state index contributed by atoms with van der Waals surface area (Å²) in [6, 6.07) is 0. The van der Waals surface area contributed by atoms with Gasteiger partial charge in [0.25, 0.3) is 0 Å². The molecule has 0 radical (unpaired) electrons. The van der Waals surface area contributed by atoms with Crippen molar-refractivity contribution in [2.45, 2.75) is 83.5 Å². The number of rotatable bonds is 34. The summed E-state index contributed by atoms with van der Waals surface area (Å²) in [5.41, 5.74) is 0.379. The van der Waals surface area contributed by atoms with Gasteiger partial charge in [-0.25, -0.2) is 24.0 Å². The molecule has 0 bridgehead atoms. The van der Waals surface area contributed by atoms with Gasteiger partial charge in [0.15, 0.2) is 0 Å². The minimum atomic E-state index is -1.46. The second-order valence-corrected chi connectivity index (χ2v) is 13.8. The predicted octanol–water partition coefficient (Wildman–Crippen LogP) is -0.424. The zero-order chi connectivity index (χ0) is 45.9. The first kappa shape index (κ1) is 55.7. The molecule has 0 aromatic carbocycles. The standard InChI is InChI=1S/C40H62O20/c1-23(2)36(46)56-16-28(41)11-51-21-33(53-13-30(43)18-58-38(48)25(5)6)35(55-15-32(45)20-60-40(50)27(9)10)34(54-14-31(44)19-59-39(49)26(7)8)22-52-12-29(42)17-57-37(47)24(3)4/h28-35,41-45H,1,3,5,7,9,11-22H2,2,4,6,8,10H3/t28?,29?,30?,31?,32?,33-,34+,35+. The van der Waals surface area contributed by atoms with E-state index < -0.39 is 158 Å². The van der Waals surface area contributed by atoms with Gasteiger partial charge in [-0.05, 0) is 34.6 Å². The Hall–Kier alpha value is -4.35. The molecule has 0 saturated carbocycles. The quantitative estimate of drug-likeness (QED) is 0.0312. The molecule has 0 aliphatic carbocycles. The lowest BCUT2D eigenvalue weighted by Gasteiger charge is -2.35. The van der Waals surface area contributed by atoms with E-state index in [4.69, 9.17) is 47.4 Å². The molecular weight excluding hydrogens is 800 g/mol. The zero-order valence-corrected chi connectivity index (χ0v) is 35.0. The van der Waals surface area contributed by atoms with Crippen LogP contribution in [0.3, 0.4) is 0 Å². The molecule has 5 N–H and O–H groups in total. The lowest BCUT2D eigenvalue weighted by molar-refractivity contribution is -0.196. The maximum absolute atomic E-state index is 12.0. The monoisotopic (exact) mass is 862 g/mol. The van der Waals surface area contributed by atoms with E-state index in [9.17, 15) is 49.5 Å². The fourth-order valence-electron chi connectivity index (χ4n) is 3.98. The lowest BCUT2D eigenvalue weighted by atomic mass is 10.1. The Morgan fingerprint density at radius 3 is 0.800 bits per heavy atom. The van der Waals surface area contributed by atoms with E-state index in [1.165, 1.54) is 34.6 Å². The van der Waals surface area contributed by atoms with Gasteiger partial charge in [0.2, 0.25) is 0 Å². The van der Waals surface area contributed by atoms with Crippen LogP contribution in [0.2, 0.25) is 0 Å². The highest BCUT2D eigenvalue weighted by Crippen LogP contribution is 2.17. The smallest absolute Gasteiger partial charge is 0.333 e. The number of ether oxygens (including phenoxy) is 10. The molecule has 0 aromatic heterocycles. The summed E-state index contributed by atoms with van der Waals surface area (Å²) in [4.78, 5) is 59.5.